The van der Waals surface area contributed by atoms with Gasteiger partial charge in [-0.25, -0.2) is 0 Å². The first kappa shape index (κ1) is 51.5. The zero-order valence-electron chi connectivity index (χ0n) is 42.0. The number of aliphatic imine (C=N–C) groups is 1. The summed E-state index contributed by atoms with van der Waals surface area (Å²) in [6.45, 7) is -0.527. The highest BCUT2D eigenvalue weighted by molar-refractivity contribution is 6.15. The van der Waals surface area contributed by atoms with Crippen molar-refractivity contribution >= 4 is 70.1 Å². The van der Waals surface area contributed by atoms with E-state index in [9.17, 15) is 28.8 Å². The molecule has 19 heteroatoms. The number of hydrogen-bond donors (Lipinski definition) is 6. The summed E-state index contributed by atoms with van der Waals surface area (Å²) in [6.07, 6.45) is 7.84. The minimum absolute atomic E-state index is 0.000733. The molecule has 75 heavy (non-hydrogen) atoms. The number of aliphatic hydroxyl groups excluding tert-OH is 1. The van der Waals surface area contributed by atoms with E-state index < -0.39 is 24.3 Å². The van der Waals surface area contributed by atoms with E-state index in [4.69, 9.17) is 29.0 Å². The summed E-state index contributed by atoms with van der Waals surface area (Å²) in [7, 11) is 4.00. The van der Waals surface area contributed by atoms with Crippen LogP contribution in [0.3, 0.4) is 0 Å². The molecular formula is C56H60N8O11. The van der Waals surface area contributed by atoms with E-state index in [0.717, 1.165) is 68.1 Å². The molecule has 4 heterocycles. The largest absolute Gasteiger partial charge is 0.493 e. The van der Waals surface area contributed by atoms with Gasteiger partial charge in [0.15, 0.2) is 23.0 Å². The standard InChI is InChI=1S/C55H56N8O10.CH4O/c1-70-46-21-40-42(56-25-38-19-35-12-6-8-14-44(35)62(38)54(40)68)23-48(46)72-30-32-16-33(18-37(17-32)61-52(66)29-59-50(64)27-58-51(65)28-60-53(67)34-10-4-3-5-11-34)31-73-49-24-43-41(22-47(49)71-2)55(69)63-39(26-57-43)20-36-13-7-9-15-45(36)63;1-2/h6-9,12-18,21-25,34,38-39,57H,3-5,10-11,19-20,26-31H2,1-2H3,(H,58,65)(H,59,64)(H,60,67)(H,61,66);2H,1H3/t38-,39?;/m0./s1. The highest BCUT2D eigenvalue weighted by Gasteiger charge is 2.39. The Balaban J connectivity index is 0.00000340. The normalized spacial score (nSPS) is 16.9. The Hall–Kier alpha value is -8.45. The molecule has 0 bridgehead atoms. The van der Waals surface area contributed by atoms with Crippen LogP contribution in [0.5, 0.6) is 23.0 Å². The van der Waals surface area contributed by atoms with Gasteiger partial charge in [0.1, 0.15) is 13.2 Å². The summed E-state index contributed by atoms with van der Waals surface area (Å²) in [6, 6.07) is 27.5. The van der Waals surface area contributed by atoms with Crippen molar-refractivity contribution in [2.45, 2.75) is 70.2 Å². The molecule has 0 saturated heterocycles. The fourth-order valence-corrected chi connectivity index (χ4v) is 10.3. The van der Waals surface area contributed by atoms with Crippen LogP contribution in [0.1, 0.15) is 75.1 Å². The van der Waals surface area contributed by atoms with Gasteiger partial charge < -0.3 is 55.5 Å². The van der Waals surface area contributed by atoms with E-state index in [-0.39, 0.29) is 62.0 Å². The number of hydrogen-bond acceptors (Lipinski definition) is 13. The van der Waals surface area contributed by atoms with Gasteiger partial charge in [-0.3, -0.25) is 38.7 Å². The molecule has 6 amide bonds. The number of fused-ring (bicyclic) bond motifs is 8. The lowest BCUT2D eigenvalue weighted by molar-refractivity contribution is -0.130. The molecule has 0 radical (unpaired) electrons. The summed E-state index contributed by atoms with van der Waals surface area (Å²) < 4.78 is 24.3. The maximum absolute atomic E-state index is 14.1. The first-order chi connectivity index (χ1) is 36.5. The Kier molecular flexibility index (Phi) is 15.9. The fraction of sp³-hybridized carbons (Fsp3) is 0.339. The Morgan fingerprint density at radius 1 is 0.653 bits per heavy atom. The molecule has 10 rings (SSSR count). The number of carbonyl (C=O) groups excluding carboxylic acids is 6. The maximum Gasteiger partial charge on any atom is 0.261 e. The first-order valence-electron chi connectivity index (χ1n) is 25.0. The lowest BCUT2D eigenvalue weighted by Gasteiger charge is -2.22. The average Bonchev–Trinajstić information content (AvgIpc) is 3.96. The molecule has 5 aliphatic rings. The molecular weight excluding hydrogens is 961 g/mol. The monoisotopic (exact) mass is 1020 g/mol. The Morgan fingerprint density at radius 2 is 1.23 bits per heavy atom. The van der Waals surface area contributed by atoms with Gasteiger partial charge in [-0.1, -0.05) is 55.7 Å². The lowest BCUT2D eigenvalue weighted by atomic mass is 9.89. The summed E-state index contributed by atoms with van der Waals surface area (Å²) >= 11 is 0. The highest BCUT2D eigenvalue weighted by atomic mass is 16.5. The van der Waals surface area contributed by atoms with Gasteiger partial charge in [0.25, 0.3) is 11.8 Å². The molecule has 1 saturated carbocycles. The van der Waals surface area contributed by atoms with Crippen LogP contribution in [-0.2, 0) is 45.2 Å². The maximum atomic E-state index is 14.1. The Bertz CT molecular complexity index is 3050. The van der Waals surface area contributed by atoms with Gasteiger partial charge in [0.2, 0.25) is 23.6 Å². The van der Waals surface area contributed by atoms with E-state index in [1.807, 2.05) is 59.5 Å². The minimum Gasteiger partial charge on any atom is -0.493 e. The van der Waals surface area contributed by atoms with Crippen molar-refractivity contribution < 1.29 is 52.8 Å². The van der Waals surface area contributed by atoms with Crippen molar-refractivity contribution in [3.63, 3.8) is 0 Å². The third-order valence-electron chi connectivity index (χ3n) is 13.9. The summed E-state index contributed by atoms with van der Waals surface area (Å²) in [5, 5.41) is 21.0. The number of nitrogens with zero attached hydrogens (tertiary/aromatic N) is 3. The third-order valence-corrected chi connectivity index (χ3v) is 13.9. The number of benzene rings is 5. The fourth-order valence-electron chi connectivity index (χ4n) is 10.3. The van der Waals surface area contributed by atoms with Gasteiger partial charge in [0, 0.05) is 61.4 Å². The lowest BCUT2D eigenvalue weighted by Crippen LogP contribution is -2.44. The van der Waals surface area contributed by atoms with Crippen LogP contribution in [-0.4, -0.2) is 106 Å². The smallest absolute Gasteiger partial charge is 0.261 e. The number of rotatable bonds is 16. The van der Waals surface area contributed by atoms with Crippen molar-refractivity contribution in [1.82, 2.24) is 16.0 Å². The zero-order valence-corrected chi connectivity index (χ0v) is 42.0. The Labute approximate surface area is 434 Å². The second-order valence-electron chi connectivity index (χ2n) is 18.7. The van der Waals surface area contributed by atoms with Crippen LogP contribution < -0.4 is 55.3 Å². The molecule has 5 aromatic rings. The van der Waals surface area contributed by atoms with E-state index in [2.05, 4.69) is 26.6 Å². The van der Waals surface area contributed by atoms with Crippen molar-refractivity contribution in [2.24, 2.45) is 10.9 Å². The van der Waals surface area contributed by atoms with Crippen molar-refractivity contribution in [2.75, 3.05) is 67.9 Å². The highest BCUT2D eigenvalue weighted by Crippen LogP contribution is 2.43. The molecule has 19 nitrogen and oxygen atoms in total. The first-order valence-corrected chi connectivity index (χ1v) is 25.0. The van der Waals surface area contributed by atoms with E-state index in [0.29, 0.717) is 75.3 Å². The van der Waals surface area contributed by atoms with Crippen LogP contribution in [0.2, 0.25) is 0 Å². The SMILES string of the molecule is CO.COc1cc2c(cc1OCc1cc(COc3cc4c(cc3OC)C(=O)N3c5ccccc5CC3CN4)cc(NC(=O)CNC(=O)CNC(=O)CNC(=O)C3CCCCC3)c1)N=C[C@@H]1Cc3ccccc3N1C2=O. The van der Waals surface area contributed by atoms with Gasteiger partial charge in [-0.05, 0) is 84.0 Å². The average molecular weight is 1020 g/mol. The van der Waals surface area contributed by atoms with Gasteiger partial charge in [-0.2, -0.15) is 0 Å². The molecule has 390 valence electrons. The summed E-state index contributed by atoms with van der Waals surface area (Å²) in [5.41, 5.74) is 7.42. The van der Waals surface area contributed by atoms with Gasteiger partial charge in [-0.15, -0.1) is 0 Å². The van der Waals surface area contributed by atoms with Gasteiger partial charge >= 0.3 is 0 Å². The predicted octanol–water partition coefficient (Wildman–Crippen LogP) is 5.62. The van der Waals surface area contributed by atoms with Crippen molar-refractivity contribution in [1.29, 1.82) is 0 Å². The zero-order chi connectivity index (χ0) is 52.6. The Morgan fingerprint density at radius 3 is 1.89 bits per heavy atom. The number of amides is 6. The topological polar surface area (TPSA) is 239 Å². The molecule has 2 atom stereocenters. The van der Waals surface area contributed by atoms with Crippen LogP contribution >= 0.6 is 0 Å². The molecule has 5 aromatic carbocycles. The molecule has 1 aliphatic carbocycles. The number of ether oxygens (including phenoxy) is 4. The number of carbonyl (C=O) groups is 6. The van der Waals surface area contributed by atoms with Crippen LogP contribution in [0.25, 0.3) is 0 Å². The number of anilines is 4. The number of nitrogens with one attached hydrogen (secondary N) is 5. The van der Waals surface area contributed by atoms with Crippen LogP contribution in [0.15, 0.2) is 96.0 Å². The minimum atomic E-state index is -0.597. The number of para-hydroxylation sites is 2. The molecule has 6 N–H and O–H groups in total. The number of aliphatic hydroxyl groups is 1. The third kappa shape index (κ3) is 11.4. The quantitative estimate of drug-likeness (QED) is 0.0706. The second kappa shape index (κ2) is 23.2. The van der Waals surface area contributed by atoms with E-state index in [1.54, 1.807) is 47.5 Å². The molecule has 1 fully saturated rings. The van der Waals surface area contributed by atoms with Crippen molar-refractivity contribution in [3.05, 3.63) is 124 Å². The van der Waals surface area contributed by atoms with Gasteiger partial charge in [0.05, 0.1) is 68.4 Å². The molecule has 4 aliphatic heterocycles. The predicted molar refractivity (Wildman–Crippen MR) is 282 cm³/mol. The molecule has 0 spiro atoms. The van der Waals surface area contributed by atoms with E-state index in [1.165, 1.54) is 14.2 Å². The number of methoxy groups -OCH3 is 2. The summed E-state index contributed by atoms with van der Waals surface area (Å²) in [5.74, 6) is -0.872. The summed E-state index contributed by atoms with van der Waals surface area (Å²) in [4.78, 5) is 87.4. The molecule has 1 unspecified atom stereocenters. The van der Waals surface area contributed by atoms with Crippen LogP contribution in [0.4, 0.5) is 28.4 Å². The second-order valence-corrected chi connectivity index (χ2v) is 18.7. The van der Waals surface area contributed by atoms with Crippen LogP contribution in [0, 0.1) is 5.92 Å². The van der Waals surface area contributed by atoms with Crippen molar-refractivity contribution in [3.8, 4) is 23.0 Å². The van der Waals surface area contributed by atoms with E-state index >= 15 is 0 Å². The molecule has 0 aromatic heterocycles.